The Morgan fingerprint density at radius 1 is 1.05 bits per heavy atom. The van der Waals surface area contributed by atoms with Gasteiger partial charge in [0.25, 0.3) is 0 Å². The maximum atomic E-state index is 13.8. The highest BCUT2D eigenvalue weighted by Crippen LogP contribution is 2.51. The highest BCUT2D eigenvalue weighted by atomic mass is 32.2. The van der Waals surface area contributed by atoms with Crippen LogP contribution in [0.1, 0.15) is 12.5 Å². The second-order valence-electron chi connectivity index (χ2n) is 8.24. The van der Waals surface area contributed by atoms with Crippen LogP contribution in [0.3, 0.4) is 0 Å². The van der Waals surface area contributed by atoms with E-state index in [-0.39, 0.29) is 54.6 Å². The Balaban J connectivity index is 2.41. The first-order valence-corrected chi connectivity index (χ1v) is 13.7. The van der Waals surface area contributed by atoms with Gasteiger partial charge in [0.05, 0.1) is 59.2 Å². The third-order valence-corrected chi connectivity index (χ3v) is 6.63. The topological polar surface area (TPSA) is 162 Å². The maximum absolute atomic E-state index is 13.8. The molecule has 41 heavy (non-hydrogen) atoms. The summed E-state index contributed by atoms with van der Waals surface area (Å²) < 4.78 is 33.3. The number of nitrogens with zero attached hydrogens (tertiary/aromatic N) is 1. The minimum absolute atomic E-state index is 0.0624. The van der Waals surface area contributed by atoms with Crippen molar-refractivity contribution in [3.63, 3.8) is 0 Å². The van der Waals surface area contributed by atoms with Crippen LogP contribution in [-0.2, 0) is 53.3 Å². The molecule has 0 fully saturated rings. The number of fused-ring (bicyclic) bond motifs is 4. The maximum Gasteiger partial charge on any atom is 0.356 e. The van der Waals surface area contributed by atoms with Gasteiger partial charge in [0.2, 0.25) is 5.60 Å². The van der Waals surface area contributed by atoms with E-state index in [9.17, 15) is 19.2 Å². The van der Waals surface area contributed by atoms with E-state index in [1.165, 1.54) is 24.9 Å². The fourth-order valence-corrected chi connectivity index (χ4v) is 4.84. The summed E-state index contributed by atoms with van der Waals surface area (Å²) in [5.74, 6) is -3.81. The number of thioether (sulfide) groups is 1. The second kappa shape index (κ2) is 14.7. The van der Waals surface area contributed by atoms with E-state index in [1.54, 1.807) is 25.3 Å². The van der Waals surface area contributed by atoms with E-state index in [1.807, 2.05) is 0 Å². The quantitative estimate of drug-likeness (QED) is 0.151. The molecular weight excluding hydrogens is 560 g/mol. The molecule has 3 aliphatic heterocycles. The van der Waals surface area contributed by atoms with Crippen molar-refractivity contribution in [3.8, 4) is 5.75 Å². The molecule has 3 aliphatic rings. The zero-order valence-corrected chi connectivity index (χ0v) is 23.9. The molecule has 0 saturated carbocycles. The third kappa shape index (κ3) is 6.73. The van der Waals surface area contributed by atoms with Crippen molar-refractivity contribution in [2.45, 2.75) is 17.4 Å². The lowest BCUT2D eigenvalue weighted by molar-refractivity contribution is -0.174. The van der Waals surface area contributed by atoms with Crippen molar-refractivity contribution < 1.29 is 52.4 Å². The molecule has 2 bridgehead atoms. The average Bonchev–Trinajstić information content (AvgIpc) is 2.97. The van der Waals surface area contributed by atoms with Crippen molar-refractivity contribution in [2.24, 2.45) is 5.73 Å². The molecule has 14 heteroatoms. The minimum Gasteiger partial charge on any atom is -0.495 e. The number of rotatable bonds is 13. The highest BCUT2D eigenvalue weighted by Gasteiger charge is 2.57. The lowest BCUT2D eigenvalue weighted by Gasteiger charge is -2.42. The van der Waals surface area contributed by atoms with Gasteiger partial charge in [-0.2, -0.15) is 5.06 Å². The molecular formula is C27H32N2O11S. The molecule has 222 valence electrons. The number of esters is 3. The fourth-order valence-electron chi connectivity index (χ4n) is 4.25. The van der Waals surface area contributed by atoms with Gasteiger partial charge in [-0.25, -0.2) is 19.2 Å². The van der Waals surface area contributed by atoms with Crippen LogP contribution < -0.4 is 10.5 Å². The van der Waals surface area contributed by atoms with Gasteiger partial charge in [0.1, 0.15) is 16.9 Å². The molecule has 3 heterocycles. The van der Waals surface area contributed by atoms with Gasteiger partial charge in [0.15, 0.2) is 0 Å². The number of methoxy groups -OCH3 is 2. The SMILES string of the molecule is CCOC(=O)C1=C(COCCOCCN)N2C=C(C(=O)OC)C1(c1cccc(SC)c1OC)OC(=O)/C=C/C(=O)O2. The number of carbonyl (C=O) groups is 4. The number of nitrogens with two attached hydrogens (primary N) is 1. The molecule has 0 aromatic heterocycles. The van der Waals surface area contributed by atoms with Crippen LogP contribution in [0.5, 0.6) is 5.75 Å². The van der Waals surface area contributed by atoms with Crippen LogP contribution in [0, 0.1) is 0 Å². The molecule has 0 aliphatic carbocycles. The second-order valence-corrected chi connectivity index (χ2v) is 9.09. The largest absolute Gasteiger partial charge is 0.495 e. The number of ether oxygens (including phenoxy) is 6. The smallest absolute Gasteiger partial charge is 0.356 e. The summed E-state index contributed by atoms with van der Waals surface area (Å²) in [6, 6.07) is 4.94. The van der Waals surface area contributed by atoms with Crippen LogP contribution in [0.4, 0.5) is 0 Å². The van der Waals surface area contributed by atoms with Gasteiger partial charge in [-0.05, 0) is 19.2 Å². The molecule has 0 amide bonds. The van der Waals surface area contributed by atoms with Crippen LogP contribution in [0.25, 0.3) is 0 Å². The van der Waals surface area contributed by atoms with E-state index < -0.39 is 29.5 Å². The first-order valence-electron chi connectivity index (χ1n) is 12.5. The predicted octanol–water partition coefficient (Wildman–Crippen LogP) is 1.37. The first-order chi connectivity index (χ1) is 19.8. The number of para-hydroxylation sites is 1. The normalized spacial score (nSPS) is 19.2. The first kappa shape index (κ1) is 31.7. The Kier molecular flexibility index (Phi) is 11.3. The number of benzene rings is 1. The summed E-state index contributed by atoms with van der Waals surface area (Å²) in [6.07, 6.45) is 4.57. The van der Waals surface area contributed by atoms with Crippen molar-refractivity contribution in [3.05, 3.63) is 59.0 Å². The highest BCUT2D eigenvalue weighted by molar-refractivity contribution is 7.98. The molecule has 0 radical (unpaired) electrons. The summed E-state index contributed by atoms with van der Waals surface area (Å²) in [5.41, 5.74) is 2.46. The van der Waals surface area contributed by atoms with Crippen molar-refractivity contribution in [1.29, 1.82) is 0 Å². The Morgan fingerprint density at radius 2 is 1.78 bits per heavy atom. The molecule has 1 aromatic carbocycles. The Bertz CT molecular complexity index is 1260. The lowest BCUT2D eigenvalue weighted by Crippen LogP contribution is -2.49. The Hall–Kier alpha value is -3.85. The molecule has 1 atom stereocenters. The van der Waals surface area contributed by atoms with Gasteiger partial charge in [-0.1, -0.05) is 12.1 Å². The zero-order chi connectivity index (χ0) is 30.0. The van der Waals surface area contributed by atoms with E-state index in [4.69, 9.17) is 39.0 Å². The summed E-state index contributed by atoms with van der Waals surface area (Å²) in [5, 5.41) is 0.897. The van der Waals surface area contributed by atoms with Crippen molar-refractivity contribution in [1.82, 2.24) is 5.06 Å². The number of hydroxylamine groups is 2. The van der Waals surface area contributed by atoms with Crippen LogP contribution in [0.15, 0.2) is 58.3 Å². The number of hydrogen-bond donors (Lipinski definition) is 1. The van der Waals surface area contributed by atoms with Gasteiger partial charge in [-0.3, -0.25) is 0 Å². The lowest BCUT2D eigenvalue weighted by atomic mass is 9.76. The van der Waals surface area contributed by atoms with E-state index in [0.717, 1.165) is 30.5 Å². The van der Waals surface area contributed by atoms with E-state index >= 15 is 0 Å². The minimum atomic E-state index is -2.28. The fraction of sp³-hybridized carbons (Fsp3) is 0.407. The zero-order valence-electron chi connectivity index (χ0n) is 23.1. The molecule has 2 N–H and O–H groups in total. The predicted molar refractivity (Wildman–Crippen MR) is 144 cm³/mol. The van der Waals surface area contributed by atoms with Crippen LogP contribution >= 0.6 is 11.8 Å². The summed E-state index contributed by atoms with van der Waals surface area (Å²) in [7, 11) is 2.51. The van der Waals surface area contributed by atoms with Gasteiger partial charge < -0.3 is 39.0 Å². The van der Waals surface area contributed by atoms with Crippen LogP contribution in [0.2, 0.25) is 0 Å². The molecule has 1 aromatic rings. The van der Waals surface area contributed by atoms with Gasteiger partial charge in [0, 0.05) is 29.2 Å². The van der Waals surface area contributed by atoms with Crippen molar-refractivity contribution in [2.75, 3.05) is 60.1 Å². The number of hydrogen-bond acceptors (Lipinski definition) is 14. The Morgan fingerprint density at radius 3 is 2.44 bits per heavy atom. The van der Waals surface area contributed by atoms with E-state index in [0.29, 0.717) is 18.0 Å². The standard InChI is InChI=1S/C27H32N2O11S/c1-5-38-26(33)23-19(16-37-14-13-36-12-11-28)29-15-18(25(32)35-3)27(23,39-21(30)9-10-22(31)40-29)17-7-6-8-20(41-4)24(17)34-2/h6-10,15H,5,11-14,16,28H2,1-4H3/b10-9+. The average molecular weight is 593 g/mol. The van der Waals surface area contributed by atoms with Crippen LogP contribution in [-0.4, -0.2) is 89.0 Å². The van der Waals surface area contributed by atoms with Gasteiger partial charge in [-0.15, -0.1) is 11.8 Å². The third-order valence-electron chi connectivity index (χ3n) is 5.87. The molecule has 0 saturated heterocycles. The molecule has 13 nitrogen and oxygen atoms in total. The van der Waals surface area contributed by atoms with Crippen molar-refractivity contribution >= 4 is 35.6 Å². The monoisotopic (exact) mass is 592 g/mol. The molecule has 0 spiro atoms. The molecule has 1 unspecified atom stereocenters. The summed E-state index contributed by atoms with van der Waals surface area (Å²) >= 11 is 1.32. The molecule has 4 rings (SSSR count). The van der Waals surface area contributed by atoms with Gasteiger partial charge >= 0.3 is 23.9 Å². The number of carbonyl (C=O) groups excluding carboxylic acids is 4. The summed E-state index contributed by atoms with van der Waals surface area (Å²) in [6.45, 7) is 2.02. The summed E-state index contributed by atoms with van der Waals surface area (Å²) in [4.78, 5) is 59.1. The van der Waals surface area contributed by atoms with E-state index in [2.05, 4.69) is 0 Å². The Labute approximate surface area is 241 Å².